The van der Waals surface area contributed by atoms with Crippen molar-refractivity contribution in [3.63, 3.8) is 0 Å². The van der Waals surface area contributed by atoms with Gasteiger partial charge in [0.25, 0.3) is 11.1 Å². The summed E-state index contributed by atoms with van der Waals surface area (Å²) >= 11 is 0. The van der Waals surface area contributed by atoms with Gasteiger partial charge in [0.05, 0.1) is 11.1 Å². The molecule has 0 fully saturated rings. The molecule has 212 valence electrons. The van der Waals surface area contributed by atoms with Gasteiger partial charge in [-0.05, 0) is 62.2 Å². The van der Waals surface area contributed by atoms with Crippen LogP contribution in [-0.2, 0) is 0 Å². The number of Topliss-reactive ketones (excluding diaryl/α,β-unsaturated/α-hetero) is 1. The minimum atomic E-state index is -0.389. The van der Waals surface area contributed by atoms with Crippen LogP contribution in [0.4, 0.5) is 0 Å². The number of carbonyl (C=O) groups excluding carboxylic acids is 2. The number of H-pyrrole nitrogens is 2. The number of hydrogen-bond donors (Lipinski definition) is 2. The highest BCUT2D eigenvalue weighted by Crippen LogP contribution is 2.31. The predicted octanol–water partition coefficient (Wildman–Crippen LogP) is 7.58. The number of aromatic amines is 2. The van der Waals surface area contributed by atoms with Gasteiger partial charge in [-0.3, -0.25) is 19.2 Å². The lowest BCUT2D eigenvalue weighted by atomic mass is 9.93. The fraction of sp³-hybridized carbons (Fsp3) is 0.0811. The summed E-state index contributed by atoms with van der Waals surface area (Å²) in [6.07, 6.45) is 1.18. The molecule has 6 nitrogen and oxygen atoms in total. The maximum absolute atomic E-state index is 12.4. The summed E-state index contributed by atoms with van der Waals surface area (Å²) in [5, 5.41) is 1.75. The Morgan fingerprint density at radius 2 is 1.05 bits per heavy atom. The number of aromatic nitrogens is 2. The molecule has 0 atom stereocenters. The van der Waals surface area contributed by atoms with Crippen molar-refractivity contribution in [2.24, 2.45) is 0 Å². The number of fused-ring (bicyclic) bond motifs is 2. The van der Waals surface area contributed by atoms with Gasteiger partial charge in [-0.15, -0.1) is 0 Å². The first-order chi connectivity index (χ1) is 20.7. The molecule has 0 aliphatic heterocycles. The minimum absolute atomic E-state index is 0.138. The second kappa shape index (κ2) is 12.1. The predicted molar refractivity (Wildman–Crippen MR) is 174 cm³/mol. The van der Waals surface area contributed by atoms with E-state index in [1.165, 1.54) is 13.0 Å². The molecule has 0 radical (unpaired) electrons. The summed E-state index contributed by atoms with van der Waals surface area (Å²) in [7, 11) is 0. The molecule has 2 heterocycles. The van der Waals surface area contributed by atoms with E-state index in [9.17, 15) is 19.2 Å². The molecule has 0 spiro atoms. The van der Waals surface area contributed by atoms with Gasteiger partial charge in [-0.25, -0.2) is 0 Å². The van der Waals surface area contributed by atoms with Crippen LogP contribution in [0.5, 0.6) is 0 Å². The molecule has 2 aromatic heterocycles. The van der Waals surface area contributed by atoms with Crippen molar-refractivity contribution in [2.45, 2.75) is 20.8 Å². The van der Waals surface area contributed by atoms with Crippen molar-refractivity contribution in [3.05, 3.63) is 153 Å². The van der Waals surface area contributed by atoms with Crippen molar-refractivity contribution in [1.29, 1.82) is 0 Å². The SMILES string of the molecule is C=CC(=O)c1c(-c2ccccc2)c2cc(C)ccc2[nH]c1=O.CC(=O)c1c(-c2ccccc2)c2cc(C)ccc2[nH]c1=O. The normalized spacial score (nSPS) is 10.7. The zero-order chi connectivity index (χ0) is 30.7. The van der Waals surface area contributed by atoms with E-state index in [-0.39, 0.29) is 33.8 Å². The third kappa shape index (κ3) is 5.76. The van der Waals surface area contributed by atoms with E-state index in [0.717, 1.165) is 44.1 Å². The summed E-state index contributed by atoms with van der Waals surface area (Å²) in [6.45, 7) is 8.91. The fourth-order valence-electron chi connectivity index (χ4n) is 5.30. The lowest BCUT2D eigenvalue weighted by Crippen LogP contribution is -2.18. The Labute approximate surface area is 248 Å². The molecule has 0 saturated carbocycles. The monoisotopic (exact) mass is 566 g/mol. The zero-order valence-corrected chi connectivity index (χ0v) is 24.2. The molecular formula is C37H30N2O4. The van der Waals surface area contributed by atoms with Crippen LogP contribution in [0.1, 0.15) is 38.8 Å². The molecule has 6 aromatic rings. The first-order valence-electron chi connectivity index (χ1n) is 13.8. The third-order valence-electron chi connectivity index (χ3n) is 7.25. The lowest BCUT2D eigenvalue weighted by Gasteiger charge is -2.12. The second-order valence-corrected chi connectivity index (χ2v) is 10.4. The second-order valence-electron chi connectivity index (χ2n) is 10.4. The standard InChI is InChI=1S/C19H15NO2.C18H15NO2/c1-3-16(21)18-17(13-7-5-4-6-8-13)14-11-12(2)9-10-15(14)20-19(18)22;1-11-8-9-15-14(10-11)17(13-6-4-3-5-7-13)16(12(2)20)18(21)19-15/h3-11H,1H2,2H3,(H,20,22);3-10H,1-2H3,(H,19,21). The van der Waals surface area contributed by atoms with Crippen molar-refractivity contribution in [3.8, 4) is 22.3 Å². The summed E-state index contributed by atoms with van der Waals surface area (Å²) in [5.41, 5.74) is 6.34. The van der Waals surface area contributed by atoms with Crippen LogP contribution in [0.3, 0.4) is 0 Å². The molecule has 6 rings (SSSR count). The highest BCUT2D eigenvalue weighted by Gasteiger charge is 2.19. The smallest absolute Gasteiger partial charge is 0.260 e. The largest absolute Gasteiger partial charge is 0.321 e. The van der Waals surface area contributed by atoms with Crippen LogP contribution in [0.25, 0.3) is 44.1 Å². The van der Waals surface area contributed by atoms with Gasteiger partial charge in [0, 0.05) is 32.9 Å². The molecule has 4 aromatic carbocycles. The lowest BCUT2D eigenvalue weighted by molar-refractivity contribution is 0.101. The van der Waals surface area contributed by atoms with Gasteiger partial charge < -0.3 is 9.97 Å². The molecule has 0 bridgehead atoms. The van der Waals surface area contributed by atoms with E-state index in [1.807, 2.05) is 111 Å². The number of allylic oxidation sites excluding steroid dienone is 1. The van der Waals surface area contributed by atoms with E-state index in [1.54, 1.807) is 0 Å². The number of rotatable bonds is 5. The Morgan fingerprint density at radius 3 is 1.47 bits per heavy atom. The summed E-state index contributed by atoms with van der Waals surface area (Å²) in [5.74, 6) is -0.595. The highest BCUT2D eigenvalue weighted by atomic mass is 16.2. The van der Waals surface area contributed by atoms with Gasteiger partial charge in [-0.1, -0.05) is 90.5 Å². The Balaban J connectivity index is 0.000000171. The molecule has 0 unspecified atom stereocenters. The van der Waals surface area contributed by atoms with Crippen LogP contribution >= 0.6 is 0 Å². The molecule has 0 amide bonds. The van der Waals surface area contributed by atoms with E-state index in [2.05, 4.69) is 16.5 Å². The minimum Gasteiger partial charge on any atom is -0.321 e. The number of hydrogen-bond acceptors (Lipinski definition) is 4. The molecule has 2 N–H and O–H groups in total. The first kappa shape index (κ1) is 28.9. The average molecular weight is 567 g/mol. The van der Waals surface area contributed by atoms with Crippen molar-refractivity contribution in [2.75, 3.05) is 0 Å². The van der Waals surface area contributed by atoms with Crippen molar-refractivity contribution in [1.82, 2.24) is 9.97 Å². The van der Waals surface area contributed by atoms with Gasteiger partial charge in [0.2, 0.25) is 0 Å². The van der Waals surface area contributed by atoms with E-state index in [0.29, 0.717) is 11.1 Å². The zero-order valence-electron chi connectivity index (χ0n) is 24.2. The molecule has 43 heavy (non-hydrogen) atoms. The van der Waals surface area contributed by atoms with Crippen LogP contribution < -0.4 is 11.1 Å². The van der Waals surface area contributed by atoms with Crippen LogP contribution in [0, 0.1) is 13.8 Å². The number of aryl methyl sites for hydroxylation is 2. The number of pyridine rings is 2. The van der Waals surface area contributed by atoms with E-state index in [4.69, 9.17) is 0 Å². The van der Waals surface area contributed by atoms with Crippen LogP contribution in [0.2, 0.25) is 0 Å². The van der Waals surface area contributed by atoms with E-state index >= 15 is 0 Å². The van der Waals surface area contributed by atoms with Crippen LogP contribution in [-0.4, -0.2) is 21.5 Å². The van der Waals surface area contributed by atoms with Gasteiger partial charge in [-0.2, -0.15) is 0 Å². The van der Waals surface area contributed by atoms with Crippen molar-refractivity contribution < 1.29 is 9.59 Å². The molecule has 0 saturated heterocycles. The Morgan fingerprint density at radius 1 is 0.628 bits per heavy atom. The molecule has 0 aliphatic carbocycles. The summed E-state index contributed by atoms with van der Waals surface area (Å²) < 4.78 is 0. The third-order valence-corrected chi connectivity index (χ3v) is 7.25. The fourth-order valence-corrected chi connectivity index (χ4v) is 5.30. The molecule has 0 aliphatic rings. The number of carbonyl (C=O) groups is 2. The molecular weight excluding hydrogens is 536 g/mol. The van der Waals surface area contributed by atoms with Gasteiger partial charge >= 0.3 is 0 Å². The Hall–Kier alpha value is -5.62. The average Bonchev–Trinajstić information content (AvgIpc) is 3.01. The summed E-state index contributed by atoms with van der Waals surface area (Å²) in [4.78, 5) is 54.4. The molecule has 6 heteroatoms. The van der Waals surface area contributed by atoms with Crippen molar-refractivity contribution >= 4 is 33.4 Å². The van der Waals surface area contributed by atoms with Crippen LogP contribution in [0.15, 0.2) is 119 Å². The van der Waals surface area contributed by atoms with E-state index < -0.39 is 0 Å². The highest BCUT2D eigenvalue weighted by molar-refractivity contribution is 6.13. The first-order valence-corrected chi connectivity index (χ1v) is 13.8. The maximum atomic E-state index is 12.4. The number of nitrogens with one attached hydrogen (secondary N) is 2. The van der Waals surface area contributed by atoms with Gasteiger partial charge in [0.15, 0.2) is 11.6 Å². The number of ketones is 2. The Kier molecular flexibility index (Phi) is 8.12. The topological polar surface area (TPSA) is 99.9 Å². The van der Waals surface area contributed by atoms with Gasteiger partial charge in [0.1, 0.15) is 0 Å². The maximum Gasteiger partial charge on any atom is 0.260 e. The quantitative estimate of drug-likeness (QED) is 0.166. The Bertz CT molecular complexity index is 2140. The summed E-state index contributed by atoms with van der Waals surface area (Å²) in [6, 6.07) is 30.6. The number of benzene rings is 4.